The first-order valence-corrected chi connectivity index (χ1v) is 7.18. The minimum absolute atomic E-state index is 0.352. The van der Waals surface area contributed by atoms with Gasteiger partial charge in [0.15, 0.2) is 10.8 Å². The van der Waals surface area contributed by atoms with Crippen LogP contribution < -0.4 is 10.7 Å². The molecule has 2 atom stereocenters. The highest BCUT2D eigenvalue weighted by molar-refractivity contribution is 5.95. The van der Waals surface area contributed by atoms with Gasteiger partial charge in [0.25, 0.3) is 5.84 Å². The summed E-state index contributed by atoms with van der Waals surface area (Å²) in [5, 5.41) is 19.8. The van der Waals surface area contributed by atoms with Crippen molar-refractivity contribution in [2.75, 3.05) is 13.2 Å². The van der Waals surface area contributed by atoms with Crippen LogP contribution in [0.4, 0.5) is 0 Å². The molecule has 2 spiro atoms. The van der Waals surface area contributed by atoms with Gasteiger partial charge in [-0.1, -0.05) is 19.3 Å². The van der Waals surface area contributed by atoms with E-state index in [4.69, 9.17) is 15.2 Å². The Morgan fingerprint density at radius 3 is 2.25 bits per heavy atom. The summed E-state index contributed by atoms with van der Waals surface area (Å²) in [7, 11) is 0. The van der Waals surface area contributed by atoms with Crippen molar-refractivity contribution in [2.24, 2.45) is 22.0 Å². The highest BCUT2D eigenvalue weighted by Crippen LogP contribution is 2.86. The molecule has 1 saturated heterocycles. The van der Waals surface area contributed by atoms with Gasteiger partial charge >= 0.3 is 5.91 Å². The Hall–Kier alpha value is -1.63. The number of amidine groups is 1. The molecule has 2 aliphatic carbocycles. The van der Waals surface area contributed by atoms with Crippen LogP contribution in [-0.2, 0) is 9.47 Å². The third-order valence-corrected chi connectivity index (χ3v) is 5.87. The first-order chi connectivity index (χ1) is 9.66. The van der Waals surface area contributed by atoms with Crippen molar-refractivity contribution in [3.8, 4) is 12.1 Å². The topological polar surface area (TPSA) is 106 Å². The number of hydrogen-bond donors (Lipinski definition) is 2. The van der Waals surface area contributed by atoms with Gasteiger partial charge in [-0.05, 0) is 12.8 Å². The molecule has 104 valence electrons. The molecule has 20 heavy (non-hydrogen) atoms. The van der Waals surface area contributed by atoms with E-state index in [0.717, 1.165) is 32.1 Å². The molecule has 6 nitrogen and oxygen atoms in total. The molecule has 0 aromatic rings. The SMILES string of the molecule is N#C[C@]12C3([NH+]=C(N)[C@@]1(C#N)C21CCCCC1)OCCO3. The molecule has 3 fully saturated rings. The van der Waals surface area contributed by atoms with Crippen LogP contribution in [0.25, 0.3) is 0 Å². The normalized spacial score (nSPS) is 42.8. The van der Waals surface area contributed by atoms with Crippen LogP contribution >= 0.6 is 0 Å². The number of fused-ring (bicyclic) bond motifs is 4. The molecular weight excluding hydrogens is 256 g/mol. The van der Waals surface area contributed by atoms with Crippen LogP contribution in [0.5, 0.6) is 0 Å². The Balaban J connectivity index is 1.95. The molecule has 0 bridgehead atoms. The number of nitriles is 2. The lowest BCUT2D eigenvalue weighted by atomic mass is 9.76. The van der Waals surface area contributed by atoms with Crippen molar-refractivity contribution in [1.29, 1.82) is 10.5 Å². The third kappa shape index (κ3) is 0.827. The van der Waals surface area contributed by atoms with Gasteiger partial charge in [0.05, 0.1) is 25.4 Å². The van der Waals surface area contributed by atoms with E-state index in [9.17, 15) is 10.5 Å². The van der Waals surface area contributed by atoms with E-state index < -0.39 is 22.2 Å². The molecule has 0 aromatic carbocycles. The molecule has 0 aromatic heterocycles. The fourth-order valence-electron chi connectivity index (χ4n) is 5.20. The van der Waals surface area contributed by atoms with E-state index in [1.165, 1.54) is 0 Å². The zero-order valence-electron chi connectivity index (χ0n) is 11.2. The molecule has 2 aliphatic heterocycles. The molecular formula is C14H17N4O2+. The highest BCUT2D eigenvalue weighted by atomic mass is 16.8. The maximum Gasteiger partial charge on any atom is 0.343 e. The number of nitrogens with one attached hydrogen (secondary N) is 1. The van der Waals surface area contributed by atoms with Crippen LogP contribution in [0.2, 0.25) is 0 Å². The number of rotatable bonds is 0. The van der Waals surface area contributed by atoms with Gasteiger partial charge in [-0.3, -0.25) is 5.73 Å². The molecule has 0 amide bonds. The first kappa shape index (κ1) is 12.1. The van der Waals surface area contributed by atoms with Crippen molar-refractivity contribution in [3.05, 3.63) is 0 Å². The van der Waals surface area contributed by atoms with Crippen LogP contribution in [0.15, 0.2) is 0 Å². The zero-order chi connectivity index (χ0) is 14.1. The third-order valence-electron chi connectivity index (χ3n) is 5.87. The summed E-state index contributed by atoms with van der Waals surface area (Å²) in [5.74, 6) is -0.871. The lowest BCUT2D eigenvalue weighted by molar-refractivity contribution is -0.678. The monoisotopic (exact) mass is 273 g/mol. The number of nitrogens with zero attached hydrogens (tertiary/aromatic N) is 2. The summed E-state index contributed by atoms with van der Waals surface area (Å²) in [6, 6.07) is 4.75. The molecule has 4 aliphatic rings. The van der Waals surface area contributed by atoms with Crippen molar-refractivity contribution in [3.63, 3.8) is 0 Å². The zero-order valence-corrected chi connectivity index (χ0v) is 11.2. The quantitative estimate of drug-likeness (QED) is 0.596. The van der Waals surface area contributed by atoms with Crippen LogP contribution in [0.1, 0.15) is 32.1 Å². The largest absolute Gasteiger partial charge is 0.343 e. The van der Waals surface area contributed by atoms with Crippen molar-refractivity contribution in [1.82, 2.24) is 0 Å². The van der Waals surface area contributed by atoms with E-state index >= 15 is 0 Å². The lowest BCUT2D eigenvalue weighted by Crippen LogP contribution is -2.90. The van der Waals surface area contributed by atoms with E-state index in [1.807, 2.05) is 0 Å². The smallest absolute Gasteiger partial charge is 0.311 e. The van der Waals surface area contributed by atoms with E-state index in [1.54, 1.807) is 0 Å². The average molecular weight is 273 g/mol. The van der Waals surface area contributed by atoms with Gasteiger partial charge in [0, 0.05) is 5.41 Å². The van der Waals surface area contributed by atoms with Gasteiger partial charge in [-0.25, -0.2) is 4.99 Å². The Morgan fingerprint density at radius 1 is 1.05 bits per heavy atom. The Morgan fingerprint density at radius 2 is 1.70 bits per heavy atom. The lowest BCUT2D eigenvalue weighted by Gasteiger charge is -2.31. The van der Waals surface area contributed by atoms with Gasteiger partial charge in [-0.15, -0.1) is 0 Å². The van der Waals surface area contributed by atoms with E-state index in [-0.39, 0.29) is 0 Å². The summed E-state index contributed by atoms with van der Waals surface area (Å²) in [5.41, 5.74) is 3.76. The maximum atomic E-state index is 9.95. The summed E-state index contributed by atoms with van der Waals surface area (Å²) in [4.78, 5) is 2.99. The molecule has 2 heterocycles. The Bertz CT molecular complexity index is 589. The van der Waals surface area contributed by atoms with Crippen molar-refractivity contribution >= 4 is 5.84 Å². The number of ether oxygens (including phenoxy) is 2. The van der Waals surface area contributed by atoms with Crippen LogP contribution in [0, 0.1) is 38.9 Å². The second-order valence-corrected chi connectivity index (χ2v) is 6.22. The summed E-state index contributed by atoms with van der Waals surface area (Å²) >= 11 is 0. The minimum Gasteiger partial charge on any atom is -0.311 e. The van der Waals surface area contributed by atoms with Crippen molar-refractivity contribution < 1.29 is 14.5 Å². The predicted octanol–water partition coefficient (Wildman–Crippen LogP) is -0.878. The second-order valence-electron chi connectivity index (χ2n) is 6.22. The number of nitrogens with two attached hydrogens (primary N) is 1. The van der Waals surface area contributed by atoms with E-state index in [0.29, 0.717) is 19.0 Å². The standard InChI is InChI=1S/C14H16N4O2/c15-8-12-10(17)18-14(19-6-7-20-14)13(12,9-16)11(12)4-2-1-3-5-11/h1-7H2,(H2,17,18)/p+1/t12-,13+/m0/s1. The Labute approximate surface area is 117 Å². The fourth-order valence-corrected chi connectivity index (χ4v) is 5.20. The summed E-state index contributed by atoms with van der Waals surface area (Å²) in [6.45, 7) is 0.836. The molecule has 0 radical (unpaired) electrons. The first-order valence-electron chi connectivity index (χ1n) is 7.18. The van der Waals surface area contributed by atoms with Gasteiger partial charge in [-0.2, -0.15) is 10.5 Å². The van der Waals surface area contributed by atoms with Gasteiger partial charge in [0.2, 0.25) is 0 Å². The summed E-state index contributed by atoms with van der Waals surface area (Å²) in [6.07, 6.45) is 4.87. The average Bonchev–Trinajstić information content (AvgIpc) is 2.77. The van der Waals surface area contributed by atoms with Crippen LogP contribution in [-0.4, -0.2) is 25.0 Å². The van der Waals surface area contributed by atoms with Crippen LogP contribution in [0.3, 0.4) is 0 Å². The fraction of sp³-hybridized carbons (Fsp3) is 0.786. The molecule has 3 N–H and O–H groups in total. The number of hydrogen-bond acceptors (Lipinski definition) is 5. The molecule has 6 heteroatoms. The molecule has 0 unspecified atom stereocenters. The Kier molecular flexibility index (Phi) is 2.02. The van der Waals surface area contributed by atoms with E-state index in [2.05, 4.69) is 17.1 Å². The molecule has 4 rings (SSSR count). The van der Waals surface area contributed by atoms with Crippen molar-refractivity contribution in [2.45, 2.75) is 38.0 Å². The predicted molar refractivity (Wildman–Crippen MR) is 66.4 cm³/mol. The maximum absolute atomic E-state index is 9.95. The minimum atomic E-state index is -1.22. The second kappa shape index (κ2) is 3.33. The van der Waals surface area contributed by atoms with Gasteiger partial charge in [0.1, 0.15) is 0 Å². The highest BCUT2D eigenvalue weighted by Gasteiger charge is 3.03. The molecule has 2 saturated carbocycles. The van der Waals surface area contributed by atoms with Gasteiger partial charge < -0.3 is 9.47 Å². The summed E-state index contributed by atoms with van der Waals surface area (Å²) < 4.78 is 11.5.